The van der Waals surface area contributed by atoms with E-state index in [2.05, 4.69) is 10.1 Å². The van der Waals surface area contributed by atoms with Crippen molar-refractivity contribution in [2.24, 2.45) is 0 Å². The number of rotatable bonds is 7. The molecule has 0 saturated carbocycles. The SMILES string of the molecule is CCC(Oc1ccc(OC)cc1)C(=O)Nc1ccc(C(=O)OC)cc1. The van der Waals surface area contributed by atoms with Gasteiger partial charge >= 0.3 is 5.97 Å². The predicted molar refractivity (Wildman–Crippen MR) is 94.1 cm³/mol. The van der Waals surface area contributed by atoms with Crippen LogP contribution in [0, 0.1) is 0 Å². The first-order valence-corrected chi connectivity index (χ1v) is 7.87. The second-order valence-corrected chi connectivity index (χ2v) is 5.25. The number of ether oxygens (including phenoxy) is 3. The molecular weight excluding hydrogens is 322 g/mol. The fraction of sp³-hybridized carbons (Fsp3) is 0.263. The van der Waals surface area contributed by atoms with Crippen LogP contribution in [0.15, 0.2) is 48.5 Å². The molecule has 1 unspecified atom stereocenters. The molecule has 0 aliphatic rings. The number of hydrogen-bond acceptors (Lipinski definition) is 5. The third kappa shape index (κ3) is 4.97. The van der Waals surface area contributed by atoms with E-state index >= 15 is 0 Å². The second kappa shape index (κ2) is 8.73. The van der Waals surface area contributed by atoms with Crippen LogP contribution >= 0.6 is 0 Å². The van der Waals surface area contributed by atoms with Crippen molar-refractivity contribution in [2.75, 3.05) is 19.5 Å². The van der Waals surface area contributed by atoms with Crippen molar-refractivity contribution >= 4 is 17.6 Å². The van der Waals surface area contributed by atoms with Gasteiger partial charge in [-0.1, -0.05) is 6.92 Å². The average molecular weight is 343 g/mol. The molecule has 0 aliphatic heterocycles. The molecule has 2 aromatic carbocycles. The molecule has 0 aliphatic carbocycles. The fourth-order valence-electron chi connectivity index (χ4n) is 2.17. The summed E-state index contributed by atoms with van der Waals surface area (Å²) in [7, 11) is 2.91. The van der Waals surface area contributed by atoms with Gasteiger partial charge in [0.2, 0.25) is 0 Å². The molecule has 0 bridgehead atoms. The summed E-state index contributed by atoms with van der Waals surface area (Å²) in [6, 6.07) is 13.5. The summed E-state index contributed by atoms with van der Waals surface area (Å²) in [6.07, 6.45) is -0.119. The molecule has 6 nitrogen and oxygen atoms in total. The lowest BCUT2D eigenvalue weighted by Gasteiger charge is -2.17. The summed E-state index contributed by atoms with van der Waals surface area (Å²) < 4.78 is 15.5. The van der Waals surface area contributed by atoms with Crippen molar-refractivity contribution in [2.45, 2.75) is 19.4 Å². The maximum atomic E-state index is 12.4. The Kier molecular flexibility index (Phi) is 6.39. The molecule has 0 heterocycles. The highest BCUT2D eigenvalue weighted by Gasteiger charge is 2.18. The maximum absolute atomic E-state index is 12.4. The van der Waals surface area contributed by atoms with Crippen LogP contribution in [0.4, 0.5) is 5.69 Å². The Morgan fingerprint density at radius 3 is 2.08 bits per heavy atom. The minimum Gasteiger partial charge on any atom is -0.497 e. The van der Waals surface area contributed by atoms with Gasteiger partial charge in [0.25, 0.3) is 5.91 Å². The van der Waals surface area contributed by atoms with Crippen LogP contribution in [-0.2, 0) is 9.53 Å². The van der Waals surface area contributed by atoms with Crippen LogP contribution in [-0.4, -0.2) is 32.2 Å². The first-order valence-electron chi connectivity index (χ1n) is 7.87. The number of hydrogen-bond donors (Lipinski definition) is 1. The first kappa shape index (κ1) is 18.3. The molecular formula is C19H21NO5. The summed E-state index contributed by atoms with van der Waals surface area (Å²) in [5.74, 6) is 0.621. The normalized spacial score (nSPS) is 11.3. The molecule has 2 aromatic rings. The van der Waals surface area contributed by atoms with Gasteiger partial charge in [0.1, 0.15) is 11.5 Å². The standard InChI is InChI=1S/C19H21NO5/c1-4-17(25-16-11-9-15(23-2)10-12-16)18(21)20-14-7-5-13(6-8-14)19(22)24-3/h5-12,17H,4H2,1-3H3,(H,20,21). The molecule has 1 atom stereocenters. The molecule has 1 N–H and O–H groups in total. The van der Waals surface area contributed by atoms with Gasteiger partial charge in [-0.15, -0.1) is 0 Å². The third-order valence-corrected chi connectivity index (χ3v) is 3.57. The van der Waals surface area contributed by atoms with Crippen LogP contribution < -0.4 is 14.8 Å². The average Bonchev–Trinajstić information content (AvgIpc) is 2.66. The minimum atomic E-state index is -0.631. The zero-order valence-corrected chi connectivity index (χ0v) is 14.4. The summed E-state index contributed by atoms with van der Waals surface area (Å²) in [6.45, 7) is 1.87. The molecule has 25 heavy (non-hydrogen) atoms. The van der Waals surface area contributed by atoms with Gasteiger partial charge in [0, 0.05) is 5.69 Å². The Balaban J connectivity index is 2.00. The van der Waals surface area contributed by atoms with Gasteiger partial charge in [-0.25, -0.2) is 4.79 Å². The highest BCUT2D eigenvalue weighted by atomic mass is 16.5. The fourth-order valence-corrected chi connectivity index (χ4v) is 2.17. The van der Waals surface area contributed by atoms with Gasteiger partial charge in [0.05, 0.1) is 19.8 Å². The summed E-state index contributed by atoms with van der Waals surface area (Å²) >= 11 is 0. The van der Waals surface area contributed by atoms with Crippen LogP contribution in [0.3, 0.4) is 0 Å². The molecule has 1 amide bonds. The van der Waals surface area contributed by atoms with Crippen LogP contribution in [0.25, 0.3) is 0 Å². The van der Waals surface area contributed by atoms with Crippen molar-refractivity contribution in [3.8, 4) is 11.5 Å². The van der Waals surface area contributed by atoms with E-state index in [9.17, 15) is 9.59 Å². The van der Waals surface area contributed by atoms with E-state index in [1.165, 1.54) is 7.11 Å². The summed E-state index contributed by atoms with van der Waals surface area (Å²) in [5, 5.41) is 2.78. The first-order chi connectivity index (χ1) is 12.1. The number of carbonyl (C=O) groups excluding carboxylic acids is 2. The molecule has 0 spiro atoms. The van der Waals surface area contributed by atoms with Gasteiger partial charge in [-0.05, 0) is 55.0 Å². The Morgan fingerprint density at radius 1 is 0.960 bits per heavy atom. The Morgan fingerprint density at radius 2 is 1.56 bits per heavy atom. The highest BCUT2D eigenvalue weighted by Crippen LogP contribution is 2.19. The van der Waals surface area contributed by atoms with E-state index in [-0.39, 0.29) is 5.91 Å². The Bertz CT molecular complexity index is 710. The van der Waals surface area contributed by atoms with E-state index in [1.807, 2.05) is 6.92 Å². The number of benzene rings is 2. The zero-order valence-electron chi connectivity index (χ0n) is 14.4. The molecule has 0 fully saturated rings. The lowest BCUT2D eigenvalue weighted by molar-refractivity contribution is -0.122. The monoisotopic (exact) mass is 343 g/mol. The Labute approximate surface area is 146 Å². The van der Waals surface area contributed by atoms with Crippen molar-refractivity contribution in [3.05, 3.63) is 54.1 Å². The zero-order chi connectivity index (χ0) is 18.2. The van der Waals surface area contributed by atoms with E-state index in [0.29, 0.717) is 23.4 Å². The quantitative estimate of drug-likeness (QED) is 0.781. The molecule has 132 valence electrons. The number of carbonyl (C=O) groups is 2. The molecule has 6 heteroatoms. The molecule has 2 rings (SSSR count). The van der Waals surface area contributed by atoms with Crippen molar-refractivity contribution < 1.29 is 23.8 Å². The molecule has 0 saturated heterocycles. The van der Waals surface area contributed by atoms with Gasteiger partial charge in [0.15, 0.2) is 6.10 Å². The topological polar surface area (TPSA) is 73.9 Å². The van der Waals surface area contributed by atoms with E-state index < -0.39 is 12.1 Å². The molecule has 0 radical (unpaired) electrons. The van der Waals surface area contributed by atoms with Gasteiger partial charge in [-0.3, -0.25) is 4.79 Å². The van der Waals surface area contributed by atoms with E-state index in [0.717, 1.165) is 5.75 Å². The predicted octanol–water partition coefficient (Wildman–Crippen LogP) is 3.28. The minimum absolute atomic E-state index is 0.260. The smallest absolute Gasteiger partial charge is 0.337 e. The number of amides is 1. The van der Waals surface area contributed by atoms with Gasteiger partial charge < -0.3 is 19.5 Å². The van der Waals surface area contributed by atoms with Gasteiger partial charge in [-0.2, -0.15) is 0 Å². The maximum Gasteiger partial charge on any atom is 0.337 e. The van der Waals surface area contributed by atoms with Crippen molar-refractivity contribution in [1.82, 2.24) is 0 Å². The third-order valence-electron chi connectivity index (χ3n) is 3.57. The largest absolute Gasteiger partial charge is 0.497 e. The summed E-state index contributed by atoms with van der Waals surface area (Å²) in [4.78, 5) is 23.8. The number of methoxy groups -OCH3 is 2. The van der Waals surface area contributed by atoms with Crippen LogP contribution in [0.2, 0.25) is 0 Å². The number of esters is 1. The van der Waals surface area contributed by atoms with Crippen molar-refractivity contribution in [1.29, 1.82) is 0 Å². The summed E-state index contributed by atoms with van der Waals surface area (Å²) in [5.41, 5.74) is 0.997. The second-order valence-electron chi connectivity index (χ2n) is 5.25. The molecule has 0 aromatic heterocycles. The van der Waals surface area contributed by atoms with E-state index in [4.69, 9.17) is 9.47 Å². The van der Waals surface area contributed by atoms with Crippen LogP contribution in [0.5, 0.6) is 11.5 Å². The highest BCUT2D eigenvalue weighted by molar-refractivity contribution is 5.95. The van der Waals surface area contributed by atoms with E-state index in [1.54, 1.807) is 55.6 Å². The van der Waals surface area contributed by atoms with Crippen molar-refractivity contribution in [3.63, 3.8) is 0 Å². The van der Waals surface area contributed by atoms with Crippen LogP contribution in [0.1, 0.15) is 23.7 Å². The Hall–Kier alpha value is -3.02. The lowest BCUT2D eigenvalue weighted by atomic mass is 10.2. The number of anilines is 1. The number of nitrogens with one attached hydrogen (secondary N) is 1. The lowest BCUT2D eigenvalue weighted by Crippen LogP contribution is -2.32.